The molecule has 0 saturated heterocycles. The summed E-state index contributed by atoms with van der Waals surface area (Å²) in [5.74, 6) is -0.622. The van der Waals surface area contributed by atoms with Crippen LogP contribution in [0.5, 0.6) is 0 Å². The number of hydrogen-bond donors (Lipinski definition) is 2. The Morgan fingerprint density at radius 3 is 2.50 bits per heavy atom. The quantitative estimate of drug-likeness (QED) is 0.617. The van der Waals surface area contributed by atoms with Gasteiger partial charge in [-0.15, -0.1) is 0 Å². The van der Waals surface area contributed by atoms with E-state index in [0.717, 1.165) is 12.0 Å². The van der Waals surface area contributed by atoms with E-state index >= 15 is 0 Å². The molecular formula is C13H20BFO3. The fraction of sp³-hybridized carbons (Fsp3) is 0.538. The van der Waals surface area contributed by atoms with Crippen LogP contribution < -0.4 is 5.46 Å². The minimum absolute atomic E-state index is 0.119. The monoisotopic (exact) mass is 254 g/mol. The summed E-state index contributed by atoms with van der Waals surface area (Å²) in [5.41, 5.74) is 0.829. The molecule has 1 aromatic carbocycles. The maximum atomic E-state index is 13.2. The van der Waals surface area contributed by atoms with Crippen LogP contribution in [-0.2, 0) is 11.3 Å². The summed E-state index contributed by atoms with van der Waals surface area (Å²) >= 11 is 0. The van der Waals surface area contributed by atoms with Gasteiger partial charge < -0.3 is 14.8 Å². The fourth-order valence-corrected chi connectivity index (χ4v) is 1.45. The number of benzene rings is 1. The SMILES string of the molecule is CC(C)(C)CCOCc1ccc(F)c(B(O)O)c1. The zero-order valence-electron chi connectivity index (χ0n) is 11.1. The first-order valence-electron chi connectivity index (χ1n) is 6.02. The Kier molecular flexibility index (Phi) is 5.32. The summed E-state index contributed by atoms with van der Waals surface area (Å²) < 4.78 is 18.7. The molecule has 0 spiro atoms. The Morgan fingerprint density at radius 1 is 1.28 bits per heavy atom. The molecule has 0 unspecified atom stereocenters. The zero-order valence-corrected chi connectivity index (χ0v) is 11.1. The summed E-state index contributed by atoms with van der Waals surface area (Å²) in [6.45, 7) is 7.37. The highest BCUT2D eigenvalue weighted by Gasteiger charge is 2.16. The van der Waals surface area contributed by atoms with E-state index in [-0.39, 0.29) is 10.9 Å². The predicted molar refractivity (Wildman–Crippen MR) is 70.0 cm³/mol. The molecule has 100 valence electrons. The van der Waals surface area contributed by atoms with Crippen LogP contribution in [0, 0.1) is 11.2 Å². The van der Waals surface area contributed by atoms with Gasteiger partial charge in [0, 0.05) is 12.1 Å². The van der Waals surface area contributed by atoms with Crippen molar-refractivity contribution in [2.75, 3.05) is 6.61 Å². The fourth-order valence-electron chi connectivity index (χ4n) is 1.45. The minimum atomic E-state index is -1.79. The highest BCUT2D eigenvalue weighted by molar-refractivity contribution is 6.58. The van der Waals surface area contributed by atoms with Crippen molar-refractivity contribution in [3.63, 3.8) is 0 Å². The molecule has 0 heterocycles. The minimum Gasteiger partial charge on any atom is -0.423 e. The smallest absolute Gasteiger partial charge is 0.423 e. The Bertz CT molecular complexity index is 388. The number of halogens is 1. The molecule has 0 aliphatic rings. The van der Waals surface area contributed by atoms with Crippen molar-refractivity contribution < 1.29 is 19.2 Å². The maximum absolute atomic E-state index is 13.2. The molecule has 1 aromatic rings. The van der Waals surface area contributed by atoms with Crippen LogP contribution >= 0.6 is 0 Å². The van der Waals surface area contributed by atoms with Crippen LogP contribution in [0.4, 0.5) is 4.39 Å². The first-order chi connectivity index (χ1) is 8.29. The van der Waals surface area contributed by atoms with Crippen LogP contribution in [0.2, 0.25) is 0 Å². The third kappa shape index (κ3) is 5.17. The lowest BCUT2D eigenvalue weighted by Gasteiger charge is -2.17. The standard InChI is InChI=1S/C13H20BFO3/c1-13(2,3)6-7-18-9-10-4-5-12(15)11(8-10)14(16)17/h4-5,8,16-17H,6-7,9H2,1-3H3. The summed E-state index contributed by atoms with van der Waals surface area (Å²) in [7, 11) is -1.79. The normalized spacial score (nSPS) is 11.7. The second kappa shape index (κ2) is 6.32. The summed E-state index contributed by atoms with van der Waals surface area (Å²) in [6, 6.07) is 4.21. The number of hydrogen-bond acceptors (Lipinski definition) is 3. The largest absolute Gasteiger partial charge is 0.491 e. The van der Waals surface area contributed by atoms with E-state index in [4.69, 9.17) is 14.8 Å². The first-order valence-corrected chi connectivity index (χ1v) is 6.02. The molecule has 0 amide bonds. The van der Waals surface area contributed by atoms with Crippen molar-refractivity contribution in [2.45, 2.75) is 33.8 Å². The zero-order chi connectivity index (χ0) is 13.8. The van der Waals surface area contributed by atoms with Gasteiger partial charge in [-0.1, -0.05) is 32.9 Å². The highest BCUT2D eigenvalue weighted by Crippen LogP contribution is 2.18. The van der Waals surface area contributed by atoms with Crippen molar-refractivity contribution in [1.29, 1.82) is 0 Å². The Morgan fingerprint density at radius 2 is 1.94 bits per heavy atom. The van der Waals surface area contributed by atoms with Gasteiger partial charge in [-0.2, -0.15) is 0 Å². The maximum Gasteiger partial charge on any atom is 0.491 e. The second-order valence-corrected chi connectivity index (χ2v) is 5.59. The van der Waals surface area contributed by atoms with E-state index in [0.29, 0.717) is 13.2 Å². The van der Waals surface area contributed by atoms with E-state index in [1.165, 1.54) is 12.1 Å². The van der Waals surface area contributed by atoms with Crippen molar-refractivity contribution in [3.05, 3.63) is 29.6 Å². The molecule has 0 radical (unpaired) electrons. The molecule has 0 atom stereocenters. The Balaban J connectivity index is 2.51. The lowest BCUT2D eigenvalue weighted by atomic mass is 9.79. The van der Waals surface area contributed by atoms with Gasteiger partial charge in [-0.25, -0.2) is 4.39 Å². The lowest BCUT2D eigenvalue weighted by Crippen LogP contribution is -2.33. The van der Waals surface area contributed by atoms with Crippen LogP contribution in [0.15, 0.2) is 18.2 Å². The van der Waals surface area contributed by atoms with Crippen LogP contribution in [0.1, 0.15) is 32.8 Å². The van der Waals surface area contributed by atoms with E-state index in [9.17, 15) is 4.39 Å². The van der Waals surface area contributed by atoms with Crippen LogP contribution in [-0.4, -0.2) is 23.8 Å². The van der Waals surface area contributed by atoms with Crippen molar-refractivity contribution in [1.82, 2.24) is 0 Å². The van der Waals surface area contributed by atoms with E-state index in [1.807, 2.05) is 0 Å². The predicted octanol–water partition coefficient (Wildman–Crippen LogP) is 1.46. The molecule has 0 bridgehead atoms. The molecule has 0 aromatic heterocycles. The average Bonchev–Trinajstić information content (AvgIpc) is 2.24. The molecule has 0 saturated carbocycles. The molecule has 0 aliphatic carbocycles. The molecule has 0 fully saturated rings. The van der Waals surface area contributed by atoms with Crippen molar-refractivity contribution in [3.8, 4) is 0 Å². The number of rotatable bonds is 5. The Hall–Kier alpha value is -0.905. The number of ether oxygens (including phenoxy) is 1. The van der Waals surface area contributed by atoms with Gasteiger partial charge in [0.15, 0.2) is 0 Å². The molecule has 0 aliphatic heterocycles. The summed E-state index contributed by atoms with van der Waals surface area (Å²) in [5, 5.41) is 18.0. The van der Waals surface area contributed by atoms with Crippen molar-refractivity contribution in [2.24, 2.45) is 5.41 Å². The summed E-state index contributed by atoms with van der Waals surface area (Å²) in [4.78, 5) is 0. The van der Waals surface area contributed by atoms with Crippen molar-refractivity contribution >= 4 is 12.6 Å². The van der Waals surface area contributed by atoms with Gasteiger partial charge in [-0.3, -0.25) is 0 Å². The Labute approximate surface area is 108 Å². The van der Waals surface area contributed by atoms with E-state index < -0.39 is 12.9 Å². The highest BCUT2D eigenvalue weighted by atomic mass is 19.1. The van der Waals surface area contributed by atoms with Gasteiger partial charge >= 0.3 is 7.12 Å². The van der Waals surface area contributed by atoms with Gasteiger partial charge in [0.2, 0.25) is 0 Å². The molecule has 1 rings (SSSR count). The first kappa shape index (κ1) is 15.2. The third-order valence-corrected chi connectivity index (χ3v) is 2.60. The van der Waals surface area contributed by atoms with E-state index in [1.54, 1.807) is 6.07 Å². The van der Waals surface area contributed by atoms with Crippen LogP contribution in [0.25, 0.3) is 0 Å². The third-order valence-electron chi connectivity index (χ3n) is 2.60. The molecule has 2 N–H and O–H groups in total. The van der Waals surface area contributed by atoms with Gasteiger partial charge in [0.1, 0.15) is 5.82 Å². The topological polar surface area (TPSA) is 49.7 Å². The van der Waals surface area contributed by atoms with Crippen LogP contribution in [0.3, 0.4) is 0 Å². The van der Waals surface area contributed by atoms with E-state index in [2.05, 4.69) is 20.8 Å². The average molecular weight is 254 g/mol. The summed E-state index contributed by atoms with van der Waals surface area (Å²) in [6.07, 6.45) is 0.934. The molecule has 5 heteroatoms. The molecule has 18 heavy (non-hydrogen) atoms. The van der Waals surface area contributed by atoms with Gasteiger partial charge in [0.25, 0.3) is 0 Å². The van der Waals surface area contributed by atoms with Gasteiger partial charge in [-0.05, 0) is 23.5 Å². The van der Waals surface area contributed by atoms with Gasteiger partial charge in [0.05, 0.1) is 6.61 Å². The lowest BCUT2D eigenvalue weighted by molar-refractivity contribution is 0.0962. The molecule has 3 nitrogen and oxygen atoms in total. The molecular weight excluding hydrogens is 234 g/mol. The second-order valence-electron chi connectivity index (χ2n) is 5.59.